The quantitative estimate of drug-likeness (QED) is 0.169. The minimum atomic E-state index is 0.279. The summed E-state index contributed by atoms with van der Waals surface area (Å²) in [6, 6.07) is 58.1. The number of fused-ring (bicyclic) bond motifs is 9. The molecular formula is C42H26N2SSe. The number of aromatic nitrogens is 1. The molecule has 0 saturated carbocycles. The third-order valence-electron chi connectivity index (χ3n) is 9.17. The summed E-state index contributed by atoms with van der Waals surface area (Å²) in [5.41, 5.74) is 7.15. The Kier molecular flexibility index (Phi) is 5.79. The summed E-state index contributed by atoms with van der Waals surface area (Å²) in [6.07, 6.45) is 0. The van der Waals surface area contributed by atoms with Crippen LogP contribution in [0.15, 0.2) is 158 Å². The fourth-order valence-electron chi connectivity index (χ4n) is 7.14. The predicted molar refractivity (Wildman–Crippen MR) is 200 cm³/mol. The zero-order chi connectivity index (χ0) is 30.2. The van der Waals surface area contributed by atoms with Gasteiger partial charge in [0.2, 0.25) is 0 Å². The van der Waals surface area contributed by atoms with Crippen LogP contribution in [0.4, 0.5) is 17.1 Å². The van der Waals surface area contributed by atoms with E-state index in [-0.39, 0.29) is 14.5 Å². The molecule has 0 unspecified atom stereocenters. The molecule has 216 valence electrons. The van der Waals surface area contributed by atoms with Crippen LogP contribution in [0.25, 0.3) is 67.0 Å². The Bertz CT molecular complexity index is 2770. The standard InChI is InChI=1S/C42H26N2SSe/c1-2-11-27(12-3-1)44-36-17-7-4-13-30(36)31-23-21-28(25-38(31)44)43(29-22-24-34-33-15-6-9-20-40(33)46-41(34)26-29)37-18-10-16-35-32-14-5-8-19-39(32)45-42(35)37/h1-26H. The van der Waals surface area contributed by atoms with Crippen LogP contribution in [0.3, 0.4) is 0 Å². The van der Waals surface area contributed by atoms with Gasteiger partial charge in [-0.15, -0.1) is 0 Å². The first-order chi connectivity index (χ1) is 22.8. The number of benzene rings is 7. The average Bonchev–Trinajstić information content (AvgIpc) is 3.78. The van der Waals surface area contributed by atoms with E-state index in [0.717, 1.165) is 5.69 Å². The third kappa shape index (κ3) is 3.88. The second-order valence-corrected chi connectivity index (χ2v) is 15.1. The number of hydrogen-bond donors (Lipinski definition) is 0. The number of thiophene rings is 1. The molecule has 46 heavy (non-hydrogen) atoms. The molecule has 2 nitrogen and oxygen atoms in total. The van der Waals surface area contributed by atoms with Gasteiger partial charge >= 0.3 is 277 Å². The van der Waals surface area contributed by atoms with Crippen molar-refractivity contribution in [2.24, 2.45) is 0 Å². The molecule has 3 aromatic heterocycles. The first kappa shape index (κ1) is 26.1. The van der Waals surface area contributed by atoms with E-state index in [1.165, 1.54) is 78.3 Å². The molecule has 0 fully saturated rings. The van der Waals surface area contributed by atoms with Crippen LogP contribution in [0.1, 0.15) is 0 Å². The molecule has 4 heteroatoms. The first-order valence-corrected chi connectivity index (χ1v) is 18.1. The van der Waals surface area contributed by atoms with E-state index in [1.54, 1.807) is 0 Å². The van der Waals surface area contributed by atoms with E-state index < -0.39 is 0 Å². The van der Waals surface area contributed by atoms with Crippen molar-refractivity contribution in [3.8, 4) is 5.69 Å². The molecule has 0 N–H and O–H groups in total. The molecule has 7 aromatic carbocycles. The molecule has 0 bridgehead atoms. The second kappa shape index (κ2) is 10.2. The molecule has 0 atom stereocenters. The summed E-state index contributed by atoms with van der Waals surface area (Å²) < 4.78 is 7.95. The number of hydrogen-bond acceptors (Lipinski definition) is 2. The topological polar surface area (TPSA) is 8.17 Å². The van der Waals surface area contributed by atoms with Crippen molar-refractivity contribution in [3.63, 3.8) is 0 Å². The van der Waals surface area contributed by atoms with E-state index in [9.17, 15) is 0 Å². The van der Waals surface area contributed by atoms with Crippen molar-refractivity contribution >= 4 is 104 Å². The van der Waals surface area contributed by atoms with Gasteiger partial charge in [-0.25, -0.2) is 0 Å². The van der Waals surface area contributed by atoms with E-state index in [2.05, 4.69) is 167 Å². The second-order valence-electron chi connectivity index (χ2n) is 11.8. The number of rotatable bonds is 4. The third-order valence-corrected chi connectivity index (χ3v) is 12.8. The van der Waals surface area contributed by atoms with Crippen molar-refractivity contribution in [1.82, 2.24) is 4.57 Å². The van der Waals surface area contributed by atoms with Crippen molar-refractivity contribution in [2.45, 2.75) is 0 Å². The Balaban J connectivity index is 1.28. The zero-order valence-electron chi connectivity index (χ0n) is 24.7. The van der Waals surface area contributed by atoms with Crippen LogP contribution >= 0.6 is 11.3 Å². The van der Waals surface area contributed by atoms with Crippen LogP contribution in [0.5, 0.6) is 0 Å². The summed E-state index contributed by atoms with van der Waals surface area (Å²) in [5.74, 6) is 0. The predicted octanol–water partition coefficient (Wildman–Crippen LogP) is 12.0. The molecule has 10 rings (SSSR count). The fourth-order valence-corrected chi connectivity index (χ4v) is 10.7. The molecule has 0 radical (unpaired) electrons. The van der Waals surface area contributed by atoms with Crippen LogP contribution < -0.4 is 4.90 Å². The number of anilines is 3. The van der Waals surface area contributed by atoms with Crippen LogP contribution in [-0.2, 0) is 0 Å². The molecule has 0 aliphatic carbocycles. The average molecular weight is 670 g/mol. The Morgan fingerprint density at radius 1 is 0.457 bits per heavy atom. The fraction of sp³-hybridized carbons (Fsp3) is 0. The van der Waals surface area contributed by atoms with Gasteiger partial charge in [0.15, 0.2) is 0 Å². The van der Waals surface area contributed by atoms with Gasteiger partial charge in [0.05, 0.1) is 0 Å². The molecule has 3 heterocycles. The monoisotopic (exact) mass is 670 g/mol. The van der Waals surface area contributed by atoms with E-state index in [0.29, 0.717) is 0 Å². The molecule has 0 aliphatic heterocycles. The van der Waals surface area contributed by atoms with E-state index in [1.807, 2.05) is 11.3 Å². The maximum atomic E-state index is 2.49. The summed E-state index contributed by atoms with van der Waals surface area (Å²) in [4.78, 5) is 2.49. The van der Waals surface area contributed by atoms with E-state index in [4.69, 9.17) is 0 Å². The van der Waals surface area contributed by atoms with Gasteiger partial charge in [0.1, 0.15) is 0 Å². The van der Waals surface area contributed by atoms with Crippen LogP contribution in [0, 0.1) is 0 Å². The SMILES string of the molecule is c1ccc(-n2c3ccccc3c3ccc(N(c4ccc5c(c4)[se]c4ccccc45)c4cccc5c4sc4ccccc45)cc32)cc1. The van der Waals surface area contributed by atoms with Gasteiger partial charge in [-0.3, -0.25) is 0 Å². The molecule has 10 aromatic rings. The van der Waals surface area contributed by atoms with Gasteiger partial charge in [-0.05, 0) is 0 Å². The zero-order valence-corrected chi connectivity index (χ0v) is 27.3. The van der Waals surface area contributed by atoms with Crippen molar-refractivity contribution in [2.75, 3.05) is 4.90 Å². The molecule has 0 spiro atoms. The summed E-state index contributed by atoms with van der Waals surface area (Å²) in [6.45, 7) is 0. The van der Waals surface area contributed by atoms with Gasteiger partial charge in [-0.1, -0.05) is 0 Å². The Morgan fingerprint density at radius 2 is 1.11 bits per heavy atom. The number of para-hydroxylation sites is 2. The van der Waals surface area contributed by atoms with Crippen LogP contribution in [-0.4, -0.2) is 19.1 Å². The Hall–Kier alpha value is -5.12. The molecular weight excluding hydrogens is 644 g/mol. The van der Waals surface area contributed by atoms with Gasteiger partial charge in [-0.2, -0.15) is 0 Å². The summed E-state index contributed by atoms with van der Waals surface area (Å²) in [7, 11) is 0. The number of nitrogens with zero attached hydrogens (tertiary/aromatic N) is 2. The Morgan fingerprint density at radius 3 is 2.00 bits per heavy atom. The van der Waals surface area contributed by atoms with Crippen molar-refractivity contribution in [3.05, 3.63) is 158 Å². The summed E-state index contributed by atoms with van der Waals surface area (Å²) in [5, 5.41) is 7.91. The van der Waals surface area contributed by atoms with E-state index >= 15 is 0 Å². The van der Waals surface area contributed by atoms with Gasteiger partial charge in [0.25, 0.3) is 0 Å². The minimum absolute atomic E-state index is 0.279. The van der Waals surface area contributed by atoms with Crippen molar-refractivity contribution in [1.29, 1.82) is 0 Å². The molecule has 0 amide bonds. The first-order valence-electron chi connectivity index (χ1n) is 15.5. The Labute approximate surface area is 275 Å². The van der Waals surface area contributed by atoms with Crippen LogP contribution in [0.2, 0.25) is 0 Å². The summed E-state index contributed by atoms with van der Waals surface area (Å²) >= 11 is 2.16. The van der Waals surface area contributed by atoms with Gasteiger partial charge in [0, 0.05) is 0 Å². The van der Waals surface area contributed by atoms with Gasteiger partial charge < -0.3 is 0 Å². The normalized spacial score (nSPS) is 11.9. The molecule has 0 aliphatic rings. The molecule has 0 saturated heterocycles. The maximum absolute atomic E-state index is 2.49. The van der Waals surface area contributed by atoms with Crippen molar-refractivity contribution < 1.29 is 0 Å².